The molecule has 0 fully saturated rings. The van der Waals surface area contributed by atoms with Crippen molar-refractivity contribution in [3.63, 3.8) is 0 Å². The molecule has 2 aromatic carbocycles. The van der Waals surface area contributed by atoms with Gasteiger partial charge in [-0.15, -0.1) is 4.40 Å². The predicted octanol–water partition coefficient (Wildman–Crippen LogP) is 2.11. The number of ether oxygens (including phenoxy) is 1. The van der Waals surface area contributed by atoms with Crippen molar-refractivity contribution in [3.8, 4) is 5.75 Å². The maximum absolute atomic E-state index is 12.0. The molecular weight excluding hydrogens is 314 g/mol. The highest BCUT2D eigenvalue weighted by atomic mass is 32.2. The highest BCUT2D eigenvalue weighted by molar-refractivity contribution is 7.90. The summed E-state index contributed by atoms with van der Waals surface area (Å²) < 4.78 is 33.1. The molecule has 7 heteroatoms. The van der Waals surface area contributed by atoms with Crippen LogP contribution in [0.5, 0.6) is 5.75 Å². The predicted molar refractivity (Wildman–Crippen MR) is 88.5 cm³/mol. The lowest BCUT2D eigenvalue weighted by Gasteiger charge is -2.12. The van der Waals surface area contributed by atoms with Crippen molar-refractivity contribution < 1.29 is 13.2 Å². The highest BCUT2D eigenvalue weighted by Crippen LogP contribution is 2.26. The lowest BCUT2D eigenvalue weighted by molar-refractivity contribution is 0.414. The Morgan fingerprint density at radius 1 is 1.17 bits per heavy atom. The SMILES string of the molecule is COc1cccc(C=NN(C)C2=NS(=O)(=O)c3ccccc32)c1. The summed E-state index contributed by atoms with van der Waals surface area (Å²) in [6, 6.07) is 14.1. The fourth-order valence-electron chi connectivity index (χ4n) is 2.25. The molecule has 0 bridgehead atoms. The molecule has 0 saturated carbocycles. The zero-order chi connectivity index (χ0) is 16.4. The maximum atomic E-state index is 12.0. The summed E-state index contributed by atoms with van der Waals surface area (Å²) in [4.78, 5) is 0.207. The molecule has 1 aliphatic rings. The first-order valence-electron chi connectivity index (χ1n) is 6.87. The van der Waals surface area contributed by atoms with E-state index >= 15 is 0 Å². The third-order valence-corrected chi connectivity index (χ3v) is 4.72. The largest absolute Gasteiger partial charge is 0.497 e. The van der Waals surface area contributed by atoms with Crippen molar-refractivity contribution in [1.82, 2.24) is 5.01 Å². The van der Waals surface area contributed by atoms with Crippen LogP contribution in [0.15, 0.2) is 62.9 Å². The van der Waals surface area contributed by atoms with E-state index in [1.807, 2.05) is 24.3 Å². The van der Waals surface area contributed by atoms with Gasteiger partial charge >= 0.3 is 0 Å². The summed E-state index contributed by atoms with van der Waals surface area (Å²) >= 11 is 0. The number of rotatable bonds is 3. The van der Waals surface area contributed by atoms with Gasteiger partial charge in [0.15, 0.2) is 5.84 Å². The molecular formula is C16H15N3O3S. The molecule has 2 aromatic rings. The zero-order valence-electron chi connectivity index (χ0n) is 12.7. The van der Waals surface area contributed by atoms with Crippen LogP contribution in [0.25, 0.3) is 0 Å². The van der Waals surface area contributed by atoms with Crippen LogP contribution in [0.1, 0.15) is 11.1 Å². The molecule has 1 aliphatic heterocycles. The second kappa shape index (κ2) is 5.85. The van der Waals surface area contributed by atoms with Crippen LogP contribution in [0.4, 0.5) is 0 Å². The number of hydrogen-bond donors (Lipinski definition) is 0. The van der Waals surface area contributed by atoms with E-state index in [-0.39, 0.29) is 4.90 Å². The minimum atomic E-state index is -3.64. The molecule has 0 N–H and O–H groups in total. The van der Waals surface area contributed by atoms with E-state index in [4.69, 9.17) is 4.74 Å². The topological polar surface area (TPSA) is 71.3 Å². The maximum Gasteiger partial charge on any atom is 0.285 e. The molecule has 0 amide bonds. The van der Waals surface area contributed by atoms with Gasteiger partial charge in [-0.1, -0.05) is 24.3 Å². The van der Waals surface area contributed by atoms with E-state index in [2.05, 4.69) is 9.50 Å². The minimum absolute atomic E-state index is 0.207. The van der Waals surface area contributed by atoms with Gasteiger partial charge in [-0.05, 0) is 29.8 Å². The zero-order valence-corrected chi connectivity index (χ0v) is 13.5. The molecule has 0 radical (unpaired) electrons. The minimum Gasteiger partial charge on any atom is -0.497 e. The van der Waals surface area contributed by atoms with Gasteiger partial charge in [-0.2, -0.15) is 13.5 Å². The molecule has 118 valence electrons. The third-order valence-electron chi connectivity index (χ3n) is 3.39. The van der Waals surface area contributed by atoms with E-state index in [0.29, 0.717) is 11.4 Å². The molecule has 3 rings (SSSR count). The summed E-state index contributed by atoms with van der Waals surface area (Å²) in [6.07, 6.45) is 1.62. The van der Waals surface area contributed by atoms with Crippen molar-refractivity contribution in [1.29, 1.82) is 0 Å². The second-order valence-corrected chi connectivity index (χ2v) is 6.50. The Labute approximate surface area is 134 Å². The number of sulfonamides is 1. The second-order valence-electron chi connectivity index (χ2n) is 4.93. The fraction of sp³-hybridized carbons (Fsp3) is 0.125. The quantitative estimate of drug-likeness (QED) is 0.639. The lowest BCUT2D eigenvalue weighted by atomic mass is 10.2. The van der Waals surface area contributed by atoms with Crippen molar-refractivity contribution in [3.05, 3.63) is 59.7 Å². The van der Waals surface area contributed by atoms with Gasteiger partial charge in [0.05, 0.1) is 13.3 Å². The number of methoxy groups -OCH3 is 1. The number of benzene rings is 2. The third kappa shape index (κ3) is 2.95. The van der Waals surface area contributed by atoms with Crippen LogP contribution in [0.3, 0.4) is 0 Å². The van der Waals surface area contributed by atoms with Crippen LogP contribution in [-0.4, -0.2) is 39.6 Å². The van der Waals surface area contributed by atoms with Gasteiger partial charge < -0.3 is 4.74 Å². The van der Waals surface area contributed by atoms with E-state index in [1.54, 1.807) is 44.6 Å². The molecule has 1 heterocycles. The summed E-state index contributed by atoms with van der Waals surface area (Å²) in [5.74, 6) is 1.03. The summed E-state index contributed by atoms with van der Waals surface area (Å²) in [5, 5.41) is 5.72. The summed E-state index contributed by atoms with van der Waals surface area (Å²) in [6.45, 7) is 0. The Morgan fingerprint density at radius 3 is 2.74 bits per heavy atom. The molecule has 0 atom stereocenters. The summed E-state index contributed by atoms with van der Waals surface area (Å²) in [7, 11) is -0.386. The number of nitrogens with zero attached hydrogens (tertiary/aromatic N) is 3. The van der Waals surface area contributed by atoms with E-state index in [1.165, 1.54) is 5.01 Å². The number of fused-ring (bicyclic) bond motifs is 1. The van der Waals surface area contributed by atoms with Gasteiger partial charge in [0.1, 0.15) is 10.6 Å². The molecule has 0 aliphatic carbocycles. The van der Waals surface area contributed by atoms with E-state index in [0.717, 1.165) is 11.3 Å². The Balaban J connectivity index is 1.89. The standard InChI is InChI=1S/C16H15N3O3S/c1-19(17-11-12-6-5-7-13(10-12)22-2)16-14-8-3-4-9-15(14)23(20,21)18-16/h3-11H,1-2H3. The number of hydrogen-bond acceptors (Lipinski definition) is 5. The smallest absolute Gasteiger partial charge is 0.285 e. The van der Waals surface area contributed by atoms with E-state index in [9.17, 15) is 8.42 Å². The van der Waals surface area contributed by atoms with Crippen LogP contribution in [-0.2, 0) is 10.0 Å². The molecule has 0 unspecified atom stereocenters. The van der Waals surface area contributed by atoms with Crippen LogP contribution in [0.2, 0.25) is 0 Å². The Hall–Kier alpha value is -2.67. The van der Waals surface area contributed by atoms with Crippen molar-refractivity contribution >= 4 is 22.1 Å². The Morgan fingerprint density at radius 2 is 1.96 bits per heavy atom. The molecule has 0 spiro atoms. The first-order chi connectivity index (χ1) is 11.0. The van der Waals surface area contributed by atoms with Crippen molar-refractivity contribution in [2.45, 2.75) is 4.90 Å². The first kappa shape index (κ1) is 15.2. The first-order valence-corrected chi connectivity index (χ1v) is 8.31. The number of hydrazone groups is 1. The fourth-order valence-corrected chi connectivity index (χ4v) is 3.48. The van der Waals surface area contributed by atoms with Crippen molar-refractivity contribution in [2.24, 2.45) is 9.50 Å². The molecule has 0 aromatic heterocycles. The molecule has 23 heavy (non-hydrogen) atoms. The van der Waals surface area contributed by atoms with Crippen molar-refractivity contribution in [2.75, 3.05) is 14.2 Å². The van der Waals surface area contributed by atoms with Crippen LogP contribution in [0, 0.1) is 0 Å². The molecule has 0 saturated heterocycles. The van der Waals surface area contributed by atoms with Gasteiger partial charge in [0, 0.05) is 12.6 Å². The average molecular weight is 329 g/mol. The molecule has 6 nitrogen and oxygen atoms in total. The van der Waals surface area contributed by atoms with Crippen LogP contribution < -0.4 is 4.74 Å². The van der Waals surface area contributed by atoms with E-state index < -0.39 is 10.0 Å². The Kier molecular flexibility index (Phi) is 3.87. The monoisotopic (exact) mass is 329 g/mol. The summed E-state index contributed by atoms with van der Waals surface area (Å²) in [5.41, 5.74) is 1.39. The van der Waals surface area contributed by atoms with Gasteiger partial charge in [0.2, 0.25) is 0 Å². The van der Waals surface area contributed by atoms with Gasteiger partial charge in [-0.25, -0.2) is 5.01 Å². The Bertz CT molecular complexity index is 904. The van der Waals surface area contributed by atoms with Gasteiger partial charge in [-0.3, -0.25) is 0 Å². The van der Waals surface area contributed by atoms with Crippen LogP contribution >= 0.6 is 0 Å². The number of amidine groups is 1. The average Bonchev–Trinajstić information content (AvgIpc) is 2.85. The lowest BCUT2D eigenvalue weighted by Crippen LogP contribution is -2.21. The normalized spacial score (nSPS) is 15.3. The highest BCUT2D eigenvalue weighted by Gasteiger charge is 2.30. The van der Waals surface area contributed by atoms with Gasteiger partial charge in [0.25, 0.3) is 10.0 Å².